The number of benzene rings is 2. The summed E-state index contributed by atoms with van der Waals surface area (Å²) in [6.07, 6.45) is 1.58. The van der Waals surface area contributed by atoms with Crippen molar-refractivity contribution < 1.29 is 18.7 Å². The van der Waals surface area contributed by atoms with E-state index in [1.165, 1.54) is 0 Å². The van der Waals surface area contributed by atoms with Crippen molar-refractivity contribution in [2.45, 2.75) is 46.8 Å². The second-order valence-electron chi connectivity index (χ2n) is 8.87. The number of amides is 2. The Labute approximate surface area is 220 Å². The van der Waals surface area contributed by atoms with Gasteiger partial charge in [0.05, 0.1) is 0 Å². The summed E-state index contributed by atoms with van der Waals surface area (Å²) >= 11 is 6.28. The summed E-state index contributed by atoms with van der Waals surface area (Å²) in [4.78, 5) is 25.3. The first kappa shape index (κ1) is 26.0. The highest BCUT2D eigenvalue weighted by Crippen LogP contribution is 2.32. The zero-order valence-electron chi connectivity index (χ0n) is 21.2. The molecule has 0 spiro atoms. The molecule has 0 bridgehead atoms. The lowest BCUT2D eigenvalue weighted by atomic mass is 10.0. The average Bonchev–Trinajstić information content (AvgIpc) is 3.54. The number of aromatic nitrogens is 2. The van der Waals surface area contributed by atoms with Crippen LogP contribution in [0.5, 0.6) is 5.75 Å². The van der Waals surface area contributed by atoms with Crippen LogP contribution in [0.1, 0.15) is 64.6 Å². The largest absolute Gasteiger partial charge is 0.485 e. The summed E-state index contributed by atoms with van der Waals surface area (Å²) in [7, 11) is 0. The fourth-order valence-electron chi connectivity index (χ4n) is 3.81. The lowest BCUT2D eigenvalue weighted by Gasteiger charge is -2.15. The lowest BCUT2D eigenvalue weighted by molar-refractivity contribution is 0.0990. The van der Waals surface area contributed by atoms with Gasteiger partial charge in [0.1, 0.15) is 23.8 Å². The molecule has 0 radical (unpaired) electrons. The third kappa shape index (κ3) is 6.21. The number of anilines is 2. The van der Waals surface area contributed by atoms with Gasteiger partial charge in [-0.3, -0.25) is 14.3 Å². The fourth-order valence-corrected chi connectivity index (χ4v) is 3.99. The third-order valence-electron chi connectivity index (χ3n) is 5.80. The molecular weight excluding hydrogens is 492 g/mol. The summed E-state index contributed by atoms with van der Waals surface area (Å²) in [5, 5.41) is 10.4. The molecule has 4 aromatic rings. The van der Waals surface area contributed by atoms with Crippen molar-refractivity contribution in [2.75, 3.05) is 10.6 Å². The van der Waals surface area contributed by atoms with E-state index in [4.69, 9.17) is 20.8 Å². The second-order valence-corrected chi connectivity index (χ2v) is 9.28. The third-order valence-corrected chi connectivity index (χ3v) is 6.20. The monoisotopic (exact) mass is 520 g/mol. The zero-order chi connectivity index (χ0) is 26.5. The molecule has 2 amide bonds. The van der Waals surface area contributed by atoms with Crippen LogP contribution in [0.4, 0.5) is 11.4 Å². The topological polar surface area (TPSA) is 98.4 Å². The van der Waals surface area contributed by atoms with E-state index >= 15 is 0 Å². The van der Waals surface area contributed by atoms with Crippen LogP contribution >= 0.6 is 11.6 Å². The average molecular weight is 521 g/mol. The summed E-state index contributed by atoms with van der Waals surface area (Å²) in [6.45, 7) is 8.74. The Kier molecular flexibility index (Phi) is 7.98. The molecule has 2 heterocycles. The SMILES string of the molecule is CCn1nccc1C(=O)Nc1cccc(NC(=O)c2ccc(COc3cc(C)c(Cl)cc3C(C)C)o2)c1. The van der Waals surface area contributed by atoms with Gasteiger partial charge >= 0.3 is 0 Å². The van der Waals surface area contributed by atoms with Gasteiger partial charge in [-0.2, -0.15) is 5.10 Å². The normalized spacial score (nSPS) is 11.0. The van der Waals surface area contributed by atoms with Gasteiger partial charge in [-0.25, -0.2) is 0 Å². The quantitative estimate of drug-likeness (QED) is 0.257. The Bertz CT molecular complexity index is 1420. The first-order chi connectivity index (χ1) is 17.7. The Morgan fingerprint density at radius 1 is 1.05 bits per heavy atom. The minimum atomic E-state index is -0.413. The van der Waals surface area contributed by atoms with E-state index in [0.717, 1.165) is 16.9 Å². The standard InChI is InChI=1S/C28H29ClN4O4/c1-5-33-24(11-12-30-33)27(34)31-19-7-6-8-20(14-19)32-28(35)25-10-9-21(37-25)16-36-26-13-18(4)23(29)15-22(26)17(2)3/h6-15,17H,5,16H2,1-4H3,(H,31,34)(H,32,35). The maximum atomic E-state index is 12.8. The predicted molar refractivity (Wildman–Crippen MR) is 144 cm³/mol. The number of rotatable bonds is 9. The maximum Gasteiger partial charge on any atom is 0.291 e. The van der Waals surface area contributed by atoms with Gasteiger partial charge < -0.3 is 19.8 Å². The van der Waals surface area contributed by atoms with Crippen molar-refractivity contribution in [2.24, 2.45) is 0 Å². The highest BCUT2D eigenvalue weighted by Gasteiger charge is 2.16. The molecule has 192 valence electrons. The van der Waals surface area contributed by atoms with Crippen molar-refractivity contribution in [3.05, 3.63) is 94.2 Å². The number of aryl methyl sites for hydroxylation is 2. The maximum absolute atomic E-state index is 12.8. The van der Waals surface area contributed by atoms with Crippen molar-refractivity contribution in [1.82, 2.24) is 9.78 Å². The number of carbonyl (C=O) groups excluding carboxylic acids is 2. The van der Waals surface area contributed by atoms with Gasteiger partial charge in [0.2, 0.25) is 0 Å². The summed E-state index contributed by atoms with van der Waals surface area (Å²) in [6, 6.07) is 15.7. The second kappa shape index (κ2) is 11.3. The Morgan fingerprint density at radius 3 is 2.49 bits per heavy atom. The van der Waals surface area contributed by atoms with Crippen LogP contribution in [0.25, 0.3) is 0 Å². The smallest absolute Gasteiger partial charge is 0.291 e. The molecule has 0 aliphatic rings. The molecule has 0 fully saturated rings. The molecule has 8 nitrogen and oxygen atoms in total. The number of hydrogen-bond acceptors (Lipinski definition) is 5. The van der Waals surface area contributed by atoms with Crippen LogP contribution in [-0.2, 0) is 13.2 Å². The van der Waals surface area contributed by atoms with E-state index in [9.17, 15) is 9.59 Å². The molecule has 4 rings (SSSR count). The Hall–Kier alpha value is -4.04. The molecule has 37 heavy (non-hydrogen) atoms. The van der Waals surface area contributed by atoms with Crippen molar-refractivity contribution in [1.29, 1.82) is 0 Å². The highest BCUT2D eigenvalue weighted by atomic mass is 35.5. The molecule has 0 saturated carbocycles. The minimum absolute atomic E-state index is 0.149. The van der Waals surface area contributed by atoms with Crippen LogP contribution in [-0.4, -0.2) is 21.6 Å². The predicted octanol–water partition coefficient (Wildman–Crippen LogP) is 6.66. The number of hydrogen-bond donors (Lipinski definition) is 2. The molecule has 0 saturated heterocycles. The van der Waals surface area contributed by atoms with E-state index in [-0.39, 0.29) is 24.2 Å². The van der Waals surface area contributed by atoms with Crippen LogP contribution in [0, 0.1) is 6.92 Å². The first-order valence-corrected chi connectivity index (χ1v) is 12.4. The van der Waals surface area contributed by atoms with Crippen molar-refractivity contribution >= 4 is 34.8 Å². The van der Waals surface area contributed by atoms with Crippen LogP contribution in [0.2, 0.25) is 5.02 Å². The number of nitrogens with zero attached hydrogens (tertiary/aromatic N) is 2. The molecule has 0 aliphatic carbocycles. The van der Waals surface area contributed by atoms with E-state index in [1.54, 1.807) is 53.3 Å². The van der Waals surface area contributed by atoms with E-state index in [1.807, 2.05) is 26.0 Å². The van der Waals surface area contributed by atoms with Gasteiger partial charge in [0.15, 0.2) is 5.76 Å². The highest BCUT2D eigenvalue weighted by molar-refractivity contribution is 6.31. The lowest BCUT2D eigenvalue weighted by Crippen LogP contribution is -2.17. The van der Waals surface area contributed by atoms with E-state index < -0.39 is 5.91 Å². The van der Waals surface area contributed by atoms with Gasteiger partial charge in [-0.15, -0.1) is 0 Å². The Morgan fingerprint density at radius 2 is 1.78 bits per heavy atom. The fraction of sp³-hybridized carbons (Fsp3) is 0.250. The summed E-state index contributed by atoms with van der Waals surface area (Å²) in [5.41, 5.74) is 3.44. The molecule has 0 unspecified atom stereocenters. The molecule has 9 heteroatoms. The van der Waals surface area contributed by atoms with Crippen molar-refractivity contribution in [3.8, 4) is 5.75 Å². The van der Waals surface area contributed by atoms with Gasteiger partial charge in [-0.1, -0.05) is 31.5 Å². The van der Waals surface area contributed by atoms with Gasteiger partial charge in [0, 0.05) is 29.1 Å². The van der Waals surface area contributed by atoms with Gasteiger partial charge in [-0.05, 0) is 79.4 Å². The number of carbonyl (C=O) groups is 2. The van der Waals surface area contributed by atoms with Crippen LogP contribution in [0.15, 0.2) is 65.2 Å². The molecule has 0 aliphatic heterocycles. The van der Waals surface area contributed by atoms with Crippen LogP contribution < -0.4 is 15.4 Å². The number of halogens is 1. The summed E-state index contributed by atoms with van der Waals surface area (Å²) in [5.74, 6) is 0.941. The van der Waals surface area contributed by atoms with E-state index in [0.29, 0.717) is 34.4 Å². The van der Waals surface area contributed by atoms with Crippen LogP contribution in [0.3, 0.4) is 0 Å². The van der Waals surface area contributed by atoms with E-state index in [2.05, 4.69) is 29.6 Å². The van der Waals surface area contributed by atoms with Gasteiger partial charge in [0.25, 0.3) is 11.8 Å². The number of ether oxygens (including phenoxy) is 1. The van der Waals surface area contributed by atoms with Crippen molar-refractivity contribution in [3.63, 3.8) is 0 Å². The first-order valence-electron chi connectivity index (χ1n) is 12.0. The molecular formula is C28H29ClN4O4. The Balaban J connectivity index is 1.39. The number of nitrogens with one attached hydrogen (secondary N) is 2. The zero-order valence-corrected chi connectivity index (χ0v) is 21.9. The number of furan rings is 1. The molecule has 2 aromatic carbocycles. The molecule has 0 atom stereocenters. The molecule has 2 N–H and O–H groups in total. The molecule has 2 aromatic heterocycles. The minimum Gasteiger partial charge on any atom is -0.485 e. The summed E-state index contributed by atoms with van der Waals surface area (Å²) < 4.78 is 13.3.